The Morgan fingerprint density at radius 3 is 2.67 bits per heavy atom. The number of aliphatic hydroxyl groups excluding tert-OH is 1. The van der Waals surface area contributed by atoms with E-state index in [0.717, 1.165) is 19.6 Å². The van der Waals surface area contributed by atoms with Crippen molar-refractivity contribution in [1.29, 1.82) is 0 Å². The van der Waals surface area contributed by atoms with Crippen molar-refractivity contribution in [3.05, 3.63) is 30.1 Å². The van der Waals surface area contributed by atoms with Crippen LogP contribution in [0.25, 0.3) is 0 Å². The van der Waals surface area contributed by atoms with Gasteiger partial charge in [-0.3, -0.25) is 9.88 Å². The molecule has 3 rings (SSSR count). The number of piperidine rings is 1. The molecule has 116 valence electrons. The van der Waals surface area contributed by atoms with Crippen molar-refractivity contribution in [3.8, 4) is 0 Å². The Bertz CT molecular complexity index is 441. The highest BCUT2D eigenvalue weighted by Crippen LogP contribution is 2.39. The molecule has 1 atom stereocenters. The van der Waals surface area contributed by atoms with E-state index in [0.29, 0.717) is 12.0 Å². The maximum Gasteiger partial charge on any atom is 0.0613 e. The van der Waals surface area contributed by atoms with Crippen LogP contribution in [0.2, 0.25) is 0 Å². The number of rotatable bonds is 6. The lowest BCUT2D eigenvalue weighted by molar-refractivity contribution is 0.113. The third-order valence-corrected chi connectivity index (χ3v) is 5.06. The van der Waals surface area contributed by atoms with Gasteiger partial charge in [0.05, 0.1) is 6.61 Å². The molecule has 0 aromatic carbocycles. The summed E-state index contributed by atoms with van der Waals surface area (Å²) in [5.41, 5.74) is 1.23. The summed E-state index contributed by atoms with van der Waals surface area (Å²) in [6.07, 6.45) is 8.66. The molecule has 1 saturated carbocycles. The molecule has 2 N–H and O–H groups in total. The topological polar surface area (TPSA) is 48.4 Å². The van der Waals surface area contributed by atoms with Gasteiger partial charge in [0, 0.05) is 30.5 Å². The normalized spacial score (nSPS) is 23.9. The summed E-state index contributed by atoms with van der Waals surface area (Å²) in [4.78, 5) is 6.69. The Hall–Kier alpha value is -0.970. The third kappa shape index (κ3) is 3.82. The maximum atomic E-state index is 9.69. The van der Waals surface area contributed by atoms with Crippen molar-refractivity contribution in [2.45, 2.75) is 50.7 Å². The molecule has 2 heterocycles. The zero-order chi connectivity index (χ0) is 14.7. The first-order valence-corrected chi connectivity index (χ1v) is 8.19. The first-order valence-electron chi connectivity index (χ1n) is 8.19. The average Bonchev–Trinajstić information content (AvgIpc) is 3.35. The maximum absolute atomic E-state index is 9.69. The number of likely N-dealkylation sites (tertiary alicyclic amines) is 1. The van der Waals surface area contributed by atoms with Gasteiger partial charge in [-0.15, -0.1) is 0 Å². The lowest BCUT2D eigenvalue weighted by Gasteiger charge is -2.38. The fourth-order valence-corrected chi connectivity index (χ4v) is 3.46. The number of aromatic nitrogens is 1. The van der Waals surface area contributed by atoms with E-state index in [2.05, 4.69) is 28.2 Å². The Kier molecular flexibility index (Phi) is 4.57. The van der Waals surface area contributed by atoms with Gasteiger partial charge < -0.3 is 10.4 Å². The minimum atomic E-state index is -0.0593. The van der Waals surface area contributed by atoms with Crippen molar-refractivity contribution in [2.24, 2.45) is 5.92 Å². The van der Waals surface area contributed by atoms with E-state index >= 15 is 0 Å². The number of hydrogen-bond acceptors (Lipinski definition) is 4. The molecule has 2 fully saturated rings. The quantitative estimate of drug-likeness (QED) is 0.838. The average molecular weight is 289 g/mol. The molecule has 0 radical (unpaired) electrons. The monoisotopic (exact) mass is 289 g/mol. The SMILES string of the molecule is CC(CO)(NC1CCN(Cc2cccnc2)CC1)C1CC1. The summed E-state index contributed by atoms with van der Waals surface area (Å²) in [5, 5.41) is 13.4. The Morgan fingerprint density at radius 2 is 2.10 bits per heavy atom. The summed E-state index contributed by atoms with van der Waals surface area (Å²) < 4.78 is 0. The standard InChI is InChI=1S/C17H27N3O/c1-17(13-21,15-4-5-15)19-16-6-9-20(10-7-16)12-14-3-2-8-18-11-14/h2-3,8,11,15-16,19,21H,4-7,9-10,12-13H2,1H3. The lowest BCUT2D eigenvalue weighted by atomic mass is 9.93. The summed E-state index contributed by atoms with van der Waals surface area (Å²) in [7, 11) is 0. The molecule has 2 aliphatic rings. The van der Waals surface area contributed by atoms with E-state index in [1.807, 2.05) is 18.5 Å². The molecule has 1 saturated heterocycles. The van der Waals surface area contributed by atoms with Crippen molar-refractivity contribution in [1.82, 2.24) is 15.2 Å². The Labute approximate surface area is 127 Å². The molecule has 0 bridgehead atoms. The predicted molar refractivity (Wildman–Crippen MR) is 83.9 cm³/mol. The largest absolute Gasteiger partial charge is 0.394 e. The number of nitrogens with zero attached hydrogens (tertiary/aromatic N) is 2. The van der Waals surface area contributed by atoms with Crippen molar-refractivity contribution < 1.29 is 5.11 Å². The number of pyridine rings is 1. The van der Waals surface area contributed by atoms with Gasteiger partial charge in [-0.25, -0.2) is 0 Å². The summed E-state index contributed by atoms with van der Waals surface area (Å²) in [6, 6.07) is 4.70. The van der Waals surface area contributed by atoms with Crippen molar-refractivity contribution >= 4 is 0 Å². The minimum Gasteiger partial charge on any atom is -0.394 e. The van der Waals surface area contributed by atoms with E-state index in [9.17, 15) is 5.11 Å². The number of nitrogens with one attached hydrogen (secondary N) is 1. The van der Waals surface area contributed by atoms with Crippen LogP contribution >= 0.6 is 0 Å². The molecular formula is C17H27N3O. The van der Waals surface area contributed by atoms with Gasteiger partial charge in [0.1, 0.15) is 0 Å². The van der Waals surface area contributed by atoms with Crippen molar-refractivity contribution in [2.75, 3.05) is 19.7 Å². The number of hydrogen-bond donors (Lipinski definition) is 2. The third-order valence-electron chi connectivity index (χ3n) is 5.06. The van der Waals surface area contributed by atoms with E-state index in [1.54, 1.807) is 0 Å². The highest BCUT2D eigenvalue weighted by molar-refractivity contribution is 5.08. The second-order valence-corrected chi connectivity index (χ2v) is 6.91. The molecule has 21 heavy (non-hydrogen) atoms. The molecule has 1 aromatic heterocycles. The van der Waals surface area contributed by atoms with Crippen LogP contribution in [0.15, 0.2) is 24.5 Å². The van der Waals surface area contributed by atoms with Crippen LogP contribution < -0.4 is 5.32 Å². The molecule has 4 nitrogen and oxygen atoms in total. The van der Waals surface area contributed by atoms with Crippen LogP contribution in [0.5, 0.6) is 0 Å². The fourth-order valence-electron chi connectivity index (χ4n) is 3.46. The van der Waals surface area contributed by atoms with E-state index in [-0.39, 0.29) is 12.1 Å². The van der Waals surface area contributed by atoms with E-state index in [1.165, 1.54) is 31.2 Å². The van der Waals surface area contributed by atoms with Crippen LogP contribution in [-0.2, 0) is 6.54 Å². The first-order chi connectivity index (χ1) is 10.2. The van der Waals surface area contributed by atoms with Gasteiger partial charge in [-0.1, -0.05) is 6.07 Å². The predicted octanol–water partition coefficient (Wildman–Crippen LogP) is 1.80. The second-order valence-electron chi connectivity index (χ2n) is 6.91. The molecule has 4 heteroatoms. The van der Waals surface area contributed by atoms with Gasteiger partial charge in [-0.05, 0) is 63.2 Å². The summed E-state index contributed by atoms with van der Waals surface area (Å²) >= 11 is 0. The molecule has 0 amide bonds. The van der Waals surface area contributed by atoms with Gasteiger partial charge in [0.25, 0.3) is 0 Å². The van der Waals surface area contributed by atoms with Crippen molar-refractivity contribution in [3.63, 3.8) is 0 Å². The Morgan fingerprint density at radius 1 is 1.33 bits per heavy atom. The zero-order valence-corrected chi connectivity index (χ0v) is 13.0. The Balaban J connectivity index is 1.46. The van der Waals surface area contributed by atoms with Gasteiger partial charge >= 0.3 is 0 Å². The van der Waals surface area contributed by atoms with Crippen LogP contribution in [0, 0.1) is 5.92 Å². The van der Waals surface area contributed by atoms with Crippen LogP contribution in [0.1, 0.15) is 38.2 Å². The highest BCUT2D eigenvalue weighted by atomic mass is 16.3. The zero-order valence-electron chi connectivity index (χ0n) is 13.0. The smallest absolute Gasteiger partial charge is 0.0613 e. The molecule has 0 spiro atoms. The van der Waals surface area contributed by atoms with E-state index in [4.69, 9.17) is 0 Å². The minimum absolute atomic E-state index is 0.0593. The summed E-state index contributed by atoms with van der Waals surface area (Å²) in [5.74, 6) is 0.677. The molecule has 1 aliphatic heterocycles. The molecule has 1 aliphatic carbocycles. The highest BCUT2D eigenvalue weighted by Gasteiger charge is 2.42. The molecule has 1 aromatic rings. The van der Waals surface area contributed by atoms with Crippen LogP contribution in [0.3, 0.4) is 0 Å². The van der Waals surface area contributed by atoms with E-state index < -0.39 is 0 Å². The lowest BCUT2D eigenvalue weighted by Crippen LogP contribution is -2.55. The van der Waals surface area contributed by atoms with Crippen LogP contribution in [-0.4, -0.2) is 46.3 Å². The first kappa shape index (κ1) is 14.9. The molecular weight excluding hydrogens is 262 g/mol. The second kappa shape index (κ2) is 6.42. The number of aliphatic hydroxyl groups is 1. The van der Waals surface area contributed by atoms with Crippen LogP contribution in [0.4, 0.5) is 0 Å². The van der Waals surface area contributed by atoms with Gasteiger partial charge in [-0.2, -0.15) is 0 Å². The van der Waals surface area contributed by atoms with Gasteiger partial charge in [0.2, 0.25) is 0 Å². The van der Waals surface area contributed by atoms with Gasteiger partial charge in [0.15, 0.2) is 0 Å². The summed E-state index contributed by atoms with van der Waals surface area (Å²) in [6.45, 7) is 5.69. The molecule has 1 unspecified atom stereocenters. The fraction of sp³-hybridized carbons (Fsp3) is 0.706.